The van der Waals surface area contributed by atoms with E-state index >= 15 is 0 Å². The lowest BCUT2D eigenvalue weighted by Gasteiger charge is -2.33. The van der Waals surface area contributed by atoms with Crippen molar-refractivity contribution in [2.45, 2.75) is 25.1 Å². The van der Waals surface area contributed by atoms with Crippen LogP contribution in [0.4, 0.5) is 19.1 Å². The molecule has 122 valence electrons. The molecule has 0 radical (unpaired) electrons. The highest BCUT2D eigenvalue weighted by atomic mass is 19.4. The number of hydrogen-bond acceptors (Lipinski definition) is 6. The van der Waals surface area contributed by atoms with E-state index in [1.54, 1.807) is 4.90 Å². The molecule has 9 heteroatoms. The number of carbonyl (C=O) groups excluding carboxylic acids is 1. The van der Waals surface area contributed by atoms with Crippen LogP contribution >= 0.6 is 0 Å². The molecule has 1 N–H and O–H groups in total. The molecular formula is C13H16F3N3O3. The van der Waals surface area contributed by atoms with Crippen LogP contribution in [0.5, 0.6) is 0 Å². The van der Waals surface area contributed by atoms with E-state index in [1.165, 1.54) is 7.11 Å². The van der Waals surface area contributed by atoms with E-state index in [0.717, 1.165) is 12.3 Å². The second-order valence-corrected chi connectivity index (χ2v) is 5.03. The summed E-state index contributed by atoms with van der Waals surface area (Å²) in [6.45, 7) is 0.722. The van der Waals surface area contributed by atoms with Gasteiger partial charge in [-0.3, -0.25) is 0 Å². The number of carbonyl (C=O) groups is 1. The third-order valence-electron chi connectivity index (χ3n) is 3.64. The smallest absolute Gasteiger partial charge is 0.433 e. The molecule has 0 saturated carbocycles. The number of alkyl halides is 3. The van der Waals surface area contributed by atoms with Crippen LogP contribution in [0.25, 0.3) is 0 Å². The Kier molecular flexibility index (Phi) is 4.84. The highest BCUT2D eigenvalue weighted by Gasteiger charge is 2.34. The van der Waals surface area contributed by atoms with Crippen molar-refractivity contribution in [3.05, 3.63) is 18.0 Å². The standard InChI is InChI=1S/C13H16F3N3O3/c1-22-11(21)10(20)8-3-6-19(7-4-8)12-17-5-2-9(18-12)13(14,15)16/h2,5,8,10,20H,3-4,6-7H2,1H3. The summed E-state index contributed by atoms with van der Waals surface area (Å²) in [6.07, 6.45) is -3.78. The van der Waals surface area contributed by atoms with E-state index < -0.39 is 23.9 Å². The molecule has 1 aromatic heterocycles. The van der Waals surface area contributed by atoms with E-state index in [9.17, 15) is 23.1 Å². The quantitative estimate of drug-likeness (QED) is 0.845. The minimum atomic E-state index is -4.52. The molecule has 1 unspecified atom stereocenters. The van der Waals surface area contributed by atoms with Gasteiger partial charge in [0, 0.05) is 19.3 Å². The number of halogens is 3. The predicted molar refractivity (Wildman–Crippen MR) is 70.0 cm³/mol. The van der Waals surface area contributed by atoms with Gasteiger partial charge in [-0.2, -0.15) is 13.2 Å². The first kappa shape index (κ1) is 16.5. The zero-order chi connectivity index (χ0) is 16.3. The maximum Gasteiger partial charge on any atom is 0.433 e. The minimum absolute atomic E-state index is 0.000771. The molecule has 22 heavy (non-hydrogen) atoms. The average molecular weight is 319 g/mol. The monoisotopic (exact) mass is 319 g/mol. The van der Waals surface area contributed by atoms with Crippen LogP contribution in [0, 0.1) is 5.92 Å². The van der Waals surface area contributed by atoms with Gasteiger partial charge in [-0.05, 0) is 24.8 Å². The Morgan fingerprint density at radius 2 is 2.09 bits per heavy atom. The highest BCUT2D eigenvalue weighted by molar-refractivity contribution is 5.74. The van der Waals surface area contributed by atoms with E-state index in [2.05, 4.69) is 14.7 Å². The van der Waals surface area contributed by atoms with Crippen molar-refractivity contribution in [2.75, 3.05) is 25.1 Å². The molecule has 0 amide bonds. The molecule has 0 bridgehead atoms. The maximum absolute atomic E-state index is 12.6. The third-order valence-corrected chi connectivity index (χ3v) is 3.64. The molecule has 1 fully saturated rings. The number of anilines is 1. The Bertz CT molecular complexity index is 531. The van der Waals surface area contributed by atoms with Crippen molar-refractivity contribution in [3.8, 4) is 0 Å². The lowest BCUT2D eigenvalue weighted by atomic mass is 9.91. The average Bonchev–Trinajstić information content (AvgIpc) is 2.53. The fraction of sp³-hybridized carbons (Fsp3) is 0.615. The molecule has 1 aromatic rings. The predicted octanol–water partition coefficient (Wildman–Crippen LogP) is 1.25. The van der Waals surface area contributed by atoms with Gasteiger partial charge in [-0.1, -0.05) is 0 Å². The van der Waals surface area contributed by atoms with Crippen LogP contribution in [0.2, 0.25) is 0 Å². The molecule has 2 heterocycles. The number of aromatic nitrogens is 2. The molecular weight excluding hydrogens is 303 g/mol. The fourth-order valence-electron chi connectivity index (χ4n) is 2.39. The van der Waals surface area contributed by atoms with E-state index in [-0.39, 0.29) is 11.9 Å². The van der Waals surface area contributed by atoms with Crippen LogP contribution in [0.3, 0.4) is 0 Å². The number of aliphatic hydroxyl groups excluding tert-OH is 1. The Labute approximate surface area is 124 Å². The number of ether oxygens (including phenoxy) is 1. The Hall–Kier alpha value is -1.90. The summed E-state index contributed by atoms with van der Waals surface area (Å²) < 4.78 is 42.4. The van der Waals surface area contributed by atoms with Crippen molar-refractivity contribution in [1.82, 2.24) is 9.97 Å². The second-order valence-electron chi connectivity index (χ2n) is 5.03. The zero-order valence-corrected chi connectivity index (χ0v) is 11.9. The number of nitrogens with zero attached hydrogens (tertiary/aromatic N) is 3. The summed E-state index contributed by atoms with van der Waals surface area (Å²) in [4.78, 5) is 20.3. The Morgan fingerprint density at radius 3 is 2.64 bits per heavy atom. The van der Waals surface area contributed by atoms with Gasteiger partial charge in [-0.25, -0.2) is 14.8 Å². The molecule has 0 spiro atoms. The molecule has 1 atom stereocenters. The normalized spacial score (nSPS) is 18.1. The zero-order valence-electron chi connectivity index (χ0n) is 11.9. The summed E-state index contributed by atoms with van der Waals surface area (Å²) in [6, 6.07) is 0.817. The van der Waals surface area contributed by atoms with Crippen molar-refractivity contribution >= 4 is 11.9 Å². The molecule has 2 rings (SSSR count). The second kappa shape index (κ2) is 6.47. The molecule has 0 aliphatic carbocycles. The highest BCUT2D eigenvalue weighted by Crippen LogP contribution is 2.29. The van der Waals surface area contributed by atoms with E-state index in [4.69, 9.17) is 0 Å². The van der Waals surface area contributed by atoms with Gasteiger partial charge in [0.05, 0.1) is 7.11 Å². The van der Waals surface area contributed by atoms with E-state index in [0.29, 0.717) is 25.9 Å². The summed E-state index contributed by atoms with van der Waals surface area (Å²) in [5.41, 5.74) is -0.991. The van der Waals surface area contributed by atoms with Gasteiger partial charge in [0.15, 0.2) is 6.10 Å². The van der Waals surface area contributed by atoms with Gasteiger partial charge in [0.2, 0.25) is 5.95 Å². The summed E-state index contributed by atoms with van der Waals surface area (Å²) in [5.74, 6) is -0.982. The van der Waals surface area contributed by atoms with Gasteiger partial charge < -0.3 is 14.7 Å². The van der Waals surface area contributed by atoms with E-state index in [1.807, 2.05) is 0 Å². The van der Waals surface area contributed by atoms with Crippen molar-refractivity contribution in [3.63, 3.8) is 0 Å². The third kappa shape index (κ3) is 3.65. The van der Waals surface area contributed by atoms with Crippen LogP contribution in [-0.2, 0) is 15.7 Å². The van der Waals surface area contributed by atoms with Crippen molar-refractivity contribution in [2.24, 2.45) is 5.92 Å². The summed E-state index contributed by atoms with van der Waals surface area (Å²) >= 11 is 0. The lowest BCUT2D eigenvalue weighted by Crippen LogP contribution is -2.41. The van der Waals surface area contributed by atoms with Gasteiger partial charge in [0.25, 0.3) is 0 Å². The SMILES string of the molecule is COC(=O)C(O)C1CCN(c2nccc(C(F)(F)F)n2)CC1. The van der Waals surface area contributed by atoms with Crippen LogP contribution in [0.1, 0.15) is 18.5 Å². The van der Waals surface area contributed by atoms with Crippen LogP contribution < -0.4 is 4.90 Å². The number of rotatable bonds is 3. The van der Waals surface area contributed by atoms with Crippen molar-refractivity contribution < 1.29 is 27.8 Å². The number of esters is 1. The number of piperidine rings is 1. The lowest BCUT2D eigenvalue weighted by molar-refractivity contribution is -0.153. The first-order valence-electron chi connectivity index (χ1n) is 6.74. The molecule has 1 saturated heterocycles. The van der Waals surface area contributed by atoms with Gasteiger partial charge >= 0.3 is 12.1 Å². The molecule has 0 aromatic carbocycles. The topological polar surface area (TPSA) is 75.6 Å². The van der Waals surface area contributed by atoms with Crippen LogP contribution in [-0.4, -0.2) is 47.3 Å². The van der Waals surface area contributed by atoms with Gasteiger partial charge in [-0.15, -0.1) is 0 Å². The largest absolute Gasteiger partial charge is 0.467 e. The first-order chi connectivity index (χ1) is 10.3. The maximum atomic E-state index is 12.6. The minimum Gasteiger partial charge on any atom is -0.467 e. The number of aliphatic hydroxyl groups is 1. The van der Waals surface area contributed by atoms with Gasteiger partial charge in [0.1, 0.15) is 5.69 Å². The number of methoxy groups -OCH3 is 1. The first-order valence-corrected chi connectivity index (χ1v) is 6.74. The fourth-order valence-corrected chi connectivity index (χ4v) is 2.39. The Morgan fingerprint density at radius 1 is 1.45 bits per heavy atom. The van der Waals surface area contributed by atoms with Crippen LogP contribution in [0.15, 0.2) is 12.3 Å². The summed E-state index contributed by atoms with van der Waals surface area (Å²) in [5, 5.41) is 9.78. The Balaban J connectivity index is 2.02. The molecule has 1 aliphatic heterocycles. The number of hydrogen-bond donors (Lipinski definition) is 1. The molecule has 1 aliphatic rings. The molecule has 6 nitrogen and oxygen atoms in total. The summed E-state index contributed by atoms with van der Waals surface area (Å²) in [7, 11) is 1.19. The van der Waals surface area contributed by atoms with Crippen molar-refractivity contribution in [1.29, 1.82) is 0 Å².